The molecule has 0 amide bonds. The van der Waals surface area contributed by atoms with Crippen LogP contribution in [0, 0.1) is 0 Å². The van der Waals surface area contributed by atoms with E-state index in [0.29, 0.717) is 0 Å². The summed E-state index contributed by atoms with van der Waals surface area (Å²) in [4.78, 5) is 10.4. The van der Waals surface area contributed by atoms with E-state index in [4.69, 9.17) is 5.11 Å². The van der Waals surface area contributed by atoms with Crippen molar-refractivity contribution in [2.75, 3.05) is 0 Å². The van der Waals surface area contributed by atoms with Crippen molar-refractivity contribution in [1.82, 2.24) is 5.16 Å². The van der Waals surface area contributed by atoms with E-state index in [1.165, 1.54) is 6.07 Å². The Bertz CT molecular complexity index is 280. The lowest BCUT2D eigenvalue weighted by atomic mass is 10.1. The lowest BCUT2D eigenvalue weighted by Crippen LogP contribution is -1.92. The largest absolute Gasteiger partial charge is 0.475 e. The SMILES string of the molecule is CCCCCc1cc(C(=O)O)on1. The molecule has 1 N–H and O–H groups in total. The van der Waals surface area contributed by atoms with Crippen molar-refractivity contribution < 1.29 is 14.4 Å². The summed E-state index contributed by atoms with van der Waals surface area (Å²) in [6.45, 7) is 2.12. The first kappa shape index (κ1) is 9.77. The van der Waals surface area contributed by atoms with Crippen LogP contribution in [0.15, 0.2) is 10.6 Å². The second-order valence-corrected chi connectivity index (χ2v) is 2.94. The summed E-state index contributed by atoms with van der Waals surface area (Å²) in [7, 11) is 0. The van der Waals surface area contributed by atoms with E-state index >= 15 is 0 Å². The number of aryl methyl sites for hydroxylation is 1. The van der Waals surface area contributed by atoms with Gasteiger partial charge in [-0.05, 0) is 12.8 Å². The zero-order valence-corrected chi connectivity index (χ0v) is 7.62. The summed E-state index contributed by atoms with van der Waals surface area (Å²) in [5.74, 6) is -1.14. The summed E-state index contributed by atoms with van der Waals surface area (Å²) in [6, 6.07) is 1.48. The van der Waals surface area contributed by atoms with Crippen LogP contribution in [0.4, 0.5) is 0 Å². The van der Waals surface area contributed by atoms with E-state index in [1.54, 1.807) is 0 Å². The number of rotatable bonds is 5. The maximum atomic E-state index is 10.4. The smallest absolute Gasteiger partial charge is 0.374 e. The average molecular weight is 183 g/mol. The average Bonchev–Trinajstić information content (AvgIpc) is 2.53. The minimum atomic E-state index is -1.06. The van der Waals surface area contributed by atoms with Crippen LogP contribution in [0.2, 0.25) is 0 Å². The number of carboxylic acids is 1. The van der Waals surface area contributed by atoms with Gasteiger partial charge >= 0.3 is 5.97 Å². The van der Waals surface area contributed by atoms with Gasteiger partial charge < -0.3 is 9.63 Å². The lowest BCUT2D eigenvalue weighted by molar-refractivity contribution is 0.0652. The van der Waals surface area contributed by atoms with Crippen LogP contribution in [0.25, 0.3) is 0 Å². The molecule has 4 nitrogen and oxygen atoms in total. The number of carboxylic acid groups (broad SMARTS) is 1. The monoisotopic (exact) mass is 183 g/mol. The van der Waals surface area contributed by atoms with Gasteiger partial charge in [-0.15, -0.1) is 0 Å². The van der Waals surface area contributed by atoms with E-state index in [1.807, 2.05) is 0 Å². The summed E-state index contributed by atoms with van der Waals surface area (Å²) in [6.07, 6.45) is 4.10. The Morgan fingerprint density at radius 3 is 2.92 bits per heavy atom. The van der Waals surface area contributed by atoms with Gasteiger partial charge in [0, 0.05) is 6.07 Å². The third-order valence-corrected chi connectivity index (χ3v) is 1.81. The maximum Gasteiger partial charge on any atom is 0.374 e. The number of aromatic nitrogens is 1. The zero-order valence-electron chi connectivity index (χ0n) is 7.62. The lowest BCUT2D eigenvalue weighted by Gasteiger charge is -1.91. The van der Waals surface area contributed by atoms with Gasteiger partial charge in [0.25, 0.3) is 0 Å². The standard InChI is InChI=1S/C9H13NO3/c1-2-3-4-5-7-6-8(9(11)12)13-10-7/h6H,2-5H2,1H3,(H,11,12). The van der Waals surface area contributed by atoms with Crippen LogP contribution in [-0.2, 0) is 6.42 Å². The molecule has 0 bridgehead atoms. The molecule has 0 aliphatic carbocycles. The van der Waals surface area contributed by atoms with Crippen molar-refractivity contribution >= 4 is 5.97 Å². The minimum absolute atomic E-state index is 0.0773. The number of aromatic carboxylic acids is 1. The minimum Gasteiger partial charge on any atom is -0.475 e. The quantitative estimate of drug-likeness (QED) is 0.710. The van der Waals surface area contributed by atoms with Gasteiger partial charge in [0.1, 0.15) is 0 Å². The Morgan fingerprint density at radius 2 is 2.38 bits per heavy atom. The summed E-state index contributed by atoms with van der Waals surface area (Å²) >= 11 is 0. The molecule has 1 rings (SSSR count). The molecule has 72 valence electrons. The Kier molecular flexibility index (Phi) is 3.49. The van der Waals surface area contributed by atoms with Crippen molar-refractivity contribution in [2.24, 2.45) is 0 Å². The predicted molar refractivity (Wildman–Crippen MR) is 46.7 cm³/mol. The van der Waals surface area contributed by atoms with Gasteiger partial charge in [-0.2, -0.15) is 0 Å². The van der Waals surface area contributed by atoms with E-state index in [0.717, 1.165) is 31.4 Å². The number of hydrogen-bond donors (Lipinski definition) is 1. The molecule has 13 heavy (non-hydrogen) atoms. The molecule has 0 fully saturated rings. The molecule has 0 radical (unpaired) electrons. The summed E-state index contributed by atoms with van der Waals surface area (Å²) < 4.78 is 4.61. The van der Waals surface area contributed by atoms with Crippen molar-refractivity contribution in [3.8, 4) is 0 Å². The number of hydrogen-bond acceptors (Lipinski definition) is 3. The molecular weight excluding hydrogens is 170 g/mol. The first-order chi connectivity index (χ1) is 6.24. The molecule has 1 aromatic rings. The van der Waals surface area contributed by atoms with Crippen LogP contribution in [0.5, 0.6) is 0 Å². The van der Waals surface area contributed by atoms with Crippen LogP contribution >= 0.6 is 0 Å². The van der Waals surface area contributed by atoms with Gasteiger partial charge in [0.15, 0.2) is 0 Å². The fraction of sp³-hybridized carbons (Fsp3) is 0.556. The van der Waals surface area contributed by atoms with Crippen molar-refractivity contribution in [3.63, 3.8) is 0 Å². The number of nitrogens with zero attached hydrogens (tertiary/aromatic N) is 1. The van der Waals surface area contributed by atoms with Crippen LogP contribution < -0.4 is 0 Å². The van der Waals surface area contributed by atoms with Crippen molar-refractivity contribution in [3.05, 3.63) is 17.5 Å². The Morgan fingerprint density at radius 1 is 1.62 bits per heavy atom. The fourth-order valence-corrected chi connectivity index (χ4v) is 1.09. The third-order valence-electron chi connectivity index (χ3n) is 1.81. The Labute approximate surface area is 76.5 Å². The maximum absolute atomic E-state index is 10.4. The normalized spacial score (nSPS) is 10.2. The molecule has 0 saturated carbocycles. The molecule has 0 aliphatic rings. The zero-order chi connectivity index (χ0) is 9.68. The van der Waals surface area contributed by atoms with E-state index < -0.39 is 5.97 Å². The van der Waals surface area contributed by atoms with Gasteiger partial charge in [0.2, 0.25) is 5.76 Å². The molecule has 4 heteroatoms. The Balaban J connectivity index is 2.44. The Hall–Kier alpha value is -1.32. The van der Waals surface area contributed by atoms with Crippen molar-refractivity contribution in [2.45, 2.75) is 32.6 Å². The molecule has 0 spiro atoms. The molecule has 0 atom stereocenters. The molecule has 0 aliphatic heterocycles. The summed E-state index contributed by atoms with van der Waals surface area (Å²) in [5.41, 5.74) is 0.728. The highest BCUT2D eigenvalue weighted by atomic mass is 16.5. The highest BCUT2D eigenvalue weighted by Gasteiger charge is 2.09. The molecular formula is C9H13NO3. The van der Waals surface area contributed by atoms with Gasteiger partial charge in [-0.25, -0.2) is 4.79 Å². The van der Waals surface area contributed by atoms with E-state index in [2.05, 4.69) is 16.6 Å². The predicted octanol–water partition coefficient (Wildman–Crippen LogP) is 2.11. The van der Waals surface area contributed by atoms with Gasteiger partial charge in [-0.1, -0.05) is 24.9 Å². The number of carbonyl (C=O) groups is 1. The van der Waals surface area contributed by atoms with Gasteiger partial charge in [0.05, 0.1) is 5.69 Å². The van der Waals surface area contributed by atoms with Gasteiger partial charge in [-0.3, -0.25) is 0 Å². The highest BCUT2D eigenvalue weighted by molar-refractivity contribution is 5.84. The highest BCUT2D eigenvalue weighted by Crippen LogP contribution is 2.07. The molecule has 0 unspecified atom stereocenters. The van der Waals surface area contributed by atoms with Crippen LogP contribution in [0.1, 0.15) is 42.4 Å². The molecule has 1 aromatic heterocycles. The van der Waals surface area contributed by atoms with Crippen LogP contribution in [0.3, 0.4) is 0 Å². The second kappa shape index (κ2) is 4.64. The number of unbranched alkanes of at least 4 members (excludes halogenated alkanes) is 2. The van der Waals surface area contributed by atoms with Crippen LogP contribution in [-0.4, -0.2) is 16.2 Å². The fourth-order valence-electron chi connectivity index (χ4n) is 1.09. The topological polar surface area (TPSA) is 63.3 Å². The first-order valence-corrected chi connectivity index (χ1v) is 4.43. The van der Waals surface area contributed by atoms with E-state index in [-0.39, 0.29) is 5.76 Å². The summed E-state index contributed by atoms with van der Waals surface area (Å²) in [5, 5.41) is 12.2. The molecule has 0 saturated heterocycles. The second-order valence-electron chi connectivity index (χ2n) is 2.94. The molecule has 0 aromatic carbocycles. The molecule has 1 heterocycles. The third kappa shape index (κ3) is 2.89. The first-order valence-electron chi connectivity index (χ1n) is 4.43. The van der Waals surface area contributed by atoms with E-state index in [9.17, 15) is 4.79 Å². The van der Waals surface area contributed by atoms with Crippen molar-refractivity contribution in [1.29, 1.82) is 0 Å².